The maximum absolute atomic E-state index is 5.55. The van der Waals surface area contributed by atoms with Gasteiger partial charge in [0.1, 0.15) is 5.66 Å². The van der Waals surface area contributed by atoms with Crippen LogP contribution in [0.5, 0.6) is 11.5 Å². The number of hydrogen-bond acceptors (Lipinski definition) is 6. The van der Waals surface area contributed by atoms with Gasteiger partial charge in [-0.25, -0.2) is 10.4 Å². The summed E-state index contributed by atoms with van der Waals surface area (Å²) >= 11 is 0. The van der Waals surface area contributed by atoms with Gasteiger partial charge in [0, 0.05) is 24.0 Å². The van der Waals surface area contributed by atoms with Crippen LogP contribution in [0.4, 0.5) is 0 Å². The molecule has 1 unspecified atom stereocenters. The lowest BCUT2D eigenvalue weighted by Gasteiger charge is -2.31. The average Bonchev–Trinajstić information content (AvgIpc) is 3.04. The van der Waals surface area contributed by atoms with E-state index in [1.165, 1.54) is 11.1 Å². The zero-order valence-corrected chi connectivity index (χ0v) is 18.1. The number of allylic oxidation sites excluding steroid dienone is 1. The molecule has 0 aliphatic carbocycles. The minimum atomic E-state index is -0.529. The second kappa shape index (κ2) is 7.97. The molecule has 2 aromatic carbocycles. The second-order valence-electron chi connectivity index (χ2n) is 7.78. The minimum absolute atomic E-state index is 0.529. The standard InChI is InChI=1S/C24H28N4O2/c1-16-6-8-18(9-7-16)15-25-24(3)22(23-26-17(2)12-13-28(23)27-24)19-10-11-20(29-4)21(14-19)30-5/h6-14,25,27H,15H2,1-5H3. The van der Waals surface area contributed by atoms with E-state index in [1.54, 1.807) is 14.2 Å². The summed E-state index contributed by atoms with van der Waals surface area (Å²) in [4.78, 5) is 4.82. The number of nitrogens with zero attached hydrogens (tertiary/aromatic N) is 2. The van der Waals surface area contributed by atoms with Gasteiger partial charge in [-0.15, -0.1) is 0 Å². The third-order valence-electron chi connectivity index (χ3n) is 5.48. The smallest absolute Gasteiger partial charge is 0.161 e. The van der Waals surface area contributed by atoms with Crippen LogP contribution in [0, 0.1) is 6.92 Å². The van der Waals surface area contributed by atoms with Crippen LogP contribution >= 0.6 is 0 Å². The van der Waals surface area contributed by atoms with Gasteiger partial charge in [-0.2, -0.15) is 0 Å². The van der Waals surface area contributed by atoms with Crippen LogP contribution in [-0.4, -0.2) is 30.6 Å². The van der Waals surface area contributed by atoms with Crippen LogP contribution in [0.3, 0.4) is 0 Å². The van der Waals surface area contributed by atoms with E-state index in [1.807, 2.05) is 42.4 Å². The molecule has 2 aliphatic heterocycles. The molecule has 0 amide bonds. The molecule has 6 nitrogen and oxygen atoms in total. The van der Waals surface area contributed by atoms with E-state index >= 15 is 0 Å². The molecule has 1 atom stereocenters. The summed E-state index contributed by atoms with van der Waals surface area (Å²) in [6.07, 6.45) is 4.01. The van der Waals surface area contributed by atoms with Crippen molar-refractivity contribution in [1.29, 1.82) is 0 Å². The highest BCUT2D eigenvalue weighted by Gasteiger charge is 2.42. The Morgan fingerprint density at radius 3 is 2.47 bits per heavy atom. The van der Waals surface area contributed by atoms with Gasteiger partial charge in [0.05, 0.1) is 14.2 Å². The van der Waals surface area contributed by atoms with Crippen molar-refractivity contribution in [3.63, 3.8) is 0 Å². The van der Waals surface area contributed by atoms with Crippen molar-refractivity contribution in [1.82, 2.24) is 15.8 Å². The highest BCUT2D eigenvalue weighted by atomic mass is 16.5. The van der Waals surface area contributed by atoms with E-state index in [4.69, 9.17) is 14.5 Å². The molecule has 0 spiro atoms. The number of methoxy groups -OCH3 is 2. The summed E-state index contributed by atoms with van der Waals surface area (Å²) in [7, 11) is 3.30. The Bertz CT molecular complexity index is 1040. The Hall–Kier alpha value is -3.09. The number of aryl methyl sites for hydroxylation is 1. The quantitative estimate of drug-likeness (QED) is 0.762. The lowest BCUT2D eigenvalue weighted by molar-refractivity contribution is 0.244. The van der Waals surface area contributed by atoms with Crippen molar-refractivity contribution in [3.8, 4) is 11.5 Å². The summed E-state index contributed by atoms with van der Waals surface area (Å²) in [6.45, 7) is 6.95. The van der Waals surface area contributed by atoms with Crippen molar-refractivity contribution < 1.29 is 9.47 Å². The summed E-state index contributed by atoms with van der Waals surface area (Å²) in [5.41, 5.74) is 8.55. The maximum atomic E-state index is 5.55. The Morgan fingerprint density at radius 1 is 1.03 bits per heavy atom. The Balaban J connectivity index is 1.75. The number of aliphatic imine (C=N–C) groups is 1. The van der Waals surface area contributed by atoms with Crippen LogP contribution in [0.1, 0.15) is 30.5 Å². The predicted molar refractivity (Wildman–Crippen MR) is 120 cm³/mol. The molecule has 2 N–H and O–H groups in total. The largest absolute Gasteiger partial charge is 0.493 e. The molecule has 2 aliphatic rings. The Kier molecular flexibility index (Phi) is 5.37. The molecule has 2 aromatic rings. The van der Waals surface area contributed by atoms with E-state index in [2.05, 4.69) is 48.9 Å². The number of benzene rings is 2. The normalized spacial score (nSPS) is 20.3. The zero-order valence-electron chi connectivity index (χ0n) is 18.1. The van der Waals surface area contributed by atoms with Crippen molar-refractivity contribution in [3.05, 3.63) is 77.3 Å². The summed E-state index contributed by atoms with van der Waals surface area (Å²) < 4.78 is 11.0. The van der Waals surface area contributed by atoms with E-state index in [-0.39, 0.29) is 0 Å². The third kappa shape index (κ3) is 3.72. The molecule has 2 heterocycles. The zero-order chi connectivity index (χ0) is 21.3. The Morgan fingerprint density at radius 2 is 1.77 bits per heavy atom. The average molecular weight is 405 g/mol. The third-order valence-corrected chi connectivity index (χ3v) is 5.48. The first kappa shape index (κ1) is 20.2. The van der Waals surface area contributed by atoms with Crippen LogP contribution in [0.2, 0.25) is 0 Å². The fourth-order valence-corrected chi connectivity index (χ4v) is 3.82. The van der Waals surface area contributed by atoms with Gasteiger partial charge in [0.2, 0.25) is 0 Å². The molecule has 30 heavy (non-hydrogen) atoms. The highest BCUT2D eigenvalue weighted by Crippen LogP contribution is 2.40. The maximum Gasteiger partial charge on any atom is 0.161 e. The van der Waals surface area contributed by atoms with Gasteiger partial charge >= 0.3 is 0 Å². The molecule has 0 aromatic heterocycles. The molecule has 0 fully saturated rings. The summed E-state index contributed by atoms with van der Waals surface area (Å²) in [5.74, 6) is 2.27. The van der Waals surface area contributed by atoms with Gasteiger partial charge in [0.15, 0.2) is 17.3 Å². The molecule has 0 bridgehead atoms. The van der Waals surface area contributed by atoms with Crippen molar-refractivity contribution in [2.75, 3.05) is 14.2 Å². The van der Waals surface area contributed by atoms with Crippen LogP contribution < -0.4 is 20.2 Å². The van der Waals surface area contributed by atoms with E-state index in [0.29, 0.717) is 18.0 Å². The molecule has 4 rings (SSSR count). The molecule has 0 radical (unpaired) electrons. The molecular weight excluding hydrogens is 376 g/mol. The fourth-order valence-electron chi connectivity index (χ4n) is 3.82. The van der Waals surface area contributed by atoms with Crippen molar-refractivity contribution in [2.24, 2.45) is 4.99 Å². The molecule has 0 saturated carbocycles. The number of fused-ring (bicyclic) bond motifs is 1. The minimum Gasteiger partial charge on any atom is -0.493 e. The SMILES string of the molecule is COc1ccc(C2=C3N=C(C)C=CN3NC2(C)NCc2ccc(C)cc2)cc1OC. The monoisotopic (exact) mass is 404 g/mol. The van der Waals surface area contributed by atoms with Gasteiger partial charge < -0.3 is 9.47 Å². The van der Waals surface area contributed by atoms with E-state index < -0.39 is 5.66 Å². The topological polar surface area (TPSA) is 58.1 Å². The van der Waals surface area contributed by atoms with Crippen molar-refractivity contribution >= 4 is 11.3 Å². The van der Waals surface area contributed by atoms with Crippen LogP contribution in [0.25, 0.3) is 5.57 Å². The Labute approximate surface area is 177 Å². The second-order valence-corrected chi connectivity index (χ2v) is 7.78. The van der Waals surface area contributed by atoms with Gasteiger partial charge in [-0.3, -0.25) is 10.3 Å². The van der Waals surface area contributed by atoms with E-state index in [0.717, 1.165) is 22.7 Å². The van der Waals surface area contributed by atoms with Crippen LogP contribution in [0.15, 0.2) is 65.6 Å². The first-order valence-corrected chi connectivity index (χ1v) is 10.0. The fraction of sp³-hybridized carbons (Fsp3) is 0.292. The molecule has 6 heteroatoms. The van der Waals surface area contributed by atoms with Gasteiger partial charge in [-0.05, 0) is 50.1 Å². The number of hydrogen-bond donors (Lipinski definition) is 2. The van der Waals surface area contributed by atoms with Crippen molar-refractivity contribution in [2.45, 2.75) is 33.0 Å². The van der Waals surface area contributed by atoms with Gasteiger partial charge in [-0.1, -0.05) is 35.9 Å². The van der Waals surface area contributed by atoms with Crippen LogP contribution in [-0.2, 0) is 6.54 Å². The lowest BCUT2D eigenvalue weighted by Crippen LogP contribution is -2.54. The molecule has 156 valence electrons. The van der Waals surface area contributed by atoms with E-state index in [9.17, 15) is 0 Å². The number of nitrogens with one attached hydrogen (secondary N) is 2. The predicted octanol–water partition coefficient (Wildman–Crippen LogP) is 4.00. The van der Waals surface area contributed by atoms with Gasteiger partial charge in [0.25, 0.3) is 0 Å². The lowest BCUT2D eigenvalue weighted by atomic mass is 9.94. The summed E-state index contributed by atoms with van der Waals surface area (Å²) in [6, 6.07) is 14.5. The number of rotatable bonds is 6. The molecule has 0 saturated heterocycles. The summed E-state index contributed by atoms with van der Waals surface area (Å²) in [5, 5.41) is 5.67. The number of ether oxygens (including phenoxy) is 2. The molecular formula is C24H28N4O2. The highest BCUT2D eigenvalue weighted by molar-refractivity contribution is 5.95. The number of hydrazine groups is 1. The first-order valence-electron chi connectivity index (χ1n) is 10.0. The first-order chi connectivity index (χ1) is 14.4.